The maximum Gasteiger partial charge on any atom is 0.0738 e. The highest BCUT2D eigenvalue weighted by molar-refractivity contribution is 9.10. The van der Waals surface area contributed by atoms with Crippen molar-refractivity contribution in [1.29, 1.82) is 0 Å². The fraction of sp³-hybridized carbons (Fsp3) is 0.312. The van der Waals surface area contributed by atoms with E-state index in [1.54, 1.807) is 0 Å². The van der Waals surface area contributed by atoms with Crippen molar-refractivity contribution >= 4 is 37.4 Å². The summed E-state index contributed by atoms with van der Waals surface area (Å²) in [5.74, 6) is 0. The summed E-state index contributed by atoms with van der Waals surface area (Å²) in [6.07, 6.45) is 0.918. The lowest BCUT2D eigenvalue weighted by atomic mass is 10.1. The molecule has 0 aliphatic heterocycles. The molecule has 0 fully saturated rings. The van der Waals surface area contributed by atoms with E-state index in [1.165, 1.54) is 20.7 Å². The number of nitrogens with one attached hydrogen (secondary N) is 1. The molecular weight excluding hydrogens is 346 g/mol. The van der Waals surface area contributed by atoms with Gasteiger partial charge in [0.15, 0.2) is 0 Å². The first-order valence-electron chi connectivity index (χ1n) is 6.94. The van der Waals surface area contributed by atoms with Gasteiger partial charge in [0.25, 0.3) is 0 Å². The predicted octanol–water partition coefficient (Wildman–Crippen LogP) is 4.21. The van der Waals surface area contributed by atoms with E-state index in [9.17, 15) is 0 Å². The van der Waals surface area contributed by atoms with Crippen LogP contribution in [0.1, 0.15) is 22.3 Å². The van der Waals surface area contributed by atoms with Gasteiger partial charge in [-0.05, 0) is 47.4 Å². The van der Waals surface area contributed by atoms with Crippen LogP contribution in [0.4, 0.5) is 0 Å². The number of benzene rings is 1. The van der Waals surface area contributed by atoms with Crippen molar-refractivity contribution in [2.24, 2.45) is 7.05 Å². The molecule has 0 radical (unpaired) electrons. The lowest BCUT2D eigenvalue weighted by Gasteiger charge is -2.15. The largest absolute Gasteiger partial charge is 0.312 e. The molecular formula is C16H18BrN3S. The van der Waals surface area contributed by atoms with E-state index in [4.69, 9.17) is 0 Å². The molecule has 1 atom stereocenters. The second kappa shape index (κ2) is 5.91. The molecule has 5 heteroatoms. The number of nitrogens with zero attached hydrogens (tertiary/aromatic N) is 2. The molecule has 1 aromatic carbocycles. The zero-order valence-electron chi connectivity index (χ0n) is 12.4. The molecule has 0 spiro atoms. The Balaban J connectivity index is 1.94. The number of hydrogen-bond donors (Lipinski definition) is 1. The Labute approximate surface area is 137 Å². The number of likely N-dealkylation sites (N-methyl/N-ethyl adjacent to an activating group) is 1. The number of fused-ring (bicyclic) bond motifs is 1. The summed E-state index contributed by atoms with van der Waals surface area (Å²) in [5.41, 5.74) is 2.27. The van der Waals surface area contributed by atoms with Crippen LogP contribution >= 0.6 is 27.3 Å². The van der Waals surface area contributed by atoms with Gasteiger partial charge in [-0.1, -0.05) is 18.2 Å². The van der Waals surface area contributed by atoms with Crippen LogP contribution in [0, 0.1) is 6.92 Å². The first-order chi connectivity index (χ1) is 10.1. The van der Waals surface area contributed by atoms with Gasteiger partial charge in [-0.25, -0.2) is 0 Å². The van der Waals surface area contributed by atoms with Crippen molar-refractivity contribution in [2.45, 2.75) is 19.4 Å². The average molecular weight is 364 g/mol. The first-order valence-corrected chi connectivity index (χ1v) is 8.55. The minimum absolute atomic E-state index is 0.300. The van der Waals surface area contributed by atoms with Gasteiger partial charge < -0.3 is 5.32 Å². The lowest BCUT2D eigenvalue weighted by Crippen LogP contribution is -2.19. The molecule has 3 rings (SSSR count). The van der Waals surface area contributed by atoms with E-state index in [-0.39, 0.29) is 0 Å². The third-order valence-electron chi connectivity index (χ3n) is 3.80. The predicted molar refractivity (Wildman–Crippen MR) is 93.0 cm³/mol. The summed E-state index contributed by atoms with van der Waals surface area (Å²) in [5, 5.41) is 9.24. The van der Waals surface area contributed by atoms with Gasteiger partial charge in [0.2, 0.25) is 0 Å². The third kappa shape index (κ3) is 2.78. The molecule has 1 unspecified atom stereocenters. The summed E-state index contributed by atoms with van der Waals surface area (Å²) in [4.78, 5) is 1.37. The molecule has 0 saturated heterocycles. The van der Waals surface area contributed by atoms with Crippen LogP contribution in [0.15, 0.2) is 34.8 Å². The zero-order chi connectivity index (χ0) is 15.0. The quantitative estimate of drug-likeness (QED) is 0.752. The molecule has 1 N–H and O–H groups in total. The second-order valence-corrected chi connectivity index (χ2v) is 7.11. The fourth-order valence-corrected chi connectivity index (χ4v) is 4.29. The van der Waals surface area contributed by atoms with E-state index in [0.29, 0.717) is 6.04 Å². The van der Waals surface area contributed by atoms with Crippen LogP contribution in [0.2, 0.25) is 0 Å². The van der Waals surface area contributed by atoms with Gasteiger partial charge in [0.1, 0.15) is 0 Å². The Morgan fingerprint density at radius 2 is 2.14 bits per heavy atom. The van der Waals surface area contributed by atoms with Crippen molar-refractivity contribution in [3.8, 4) is 0 Å². The minimum atomic E-state index is 0.300. The first kappa shape index (κ1) is 14.8. The SMILES string of the molecule is CNC(Cc1c(Br)c(C)nn1C)c1cc2ccccc2s1. The minimum Gasteiger partial charge on any atom is -0.312 e. The maximum atomic E-state index is 4.48. The average Bonchev–Trinajstić information content (AvgIpc) is 3.00. The normalized spacial score (nSPS) is 13.0. The molecule has 21 heavy (non-hydrogen) atoms. The molecule has 2 heterocycles. The number of aromatic nitrogens is 2. The van der Waals surface area contributed by atoms with Crippen LogP contribution in [0.5, 0.6) is 0 Å². The van der Waals surface area contributed by atoms with Crippen LogP contribution in [0.3, 0.4) is 0 Å². The van der Waals surface area contributed by atoms with E-state index in [2.05, 4.69) is 56.7 Å². The van der Waals surface area contributed by atoms with Crippen molar-refractivity contribution < 1.29 is 0 Å². The Bertz CT molecular complexity index is 742. The van der Waals surface area contributed by atoms with Crippen molar-refractivity contribution in [3.05, 3.63) is 51.1 Å². The number of rotatable bonds is 4. The number of aryl methyl sites for hydroxylation is 2. The molecule has 0 bridgehead atoms. The second-order valence-electron chi connectivity index (χ2n) is 5.20. The van der Waals surface area contributed by atoms with Gasteiger partial charge in [0, 0.05) is 29.1 Å². The maximum absolute atomic E-state index is 4.48. The highest BCUT2D eigenvalue weighted by atomic mass is 79.9. The molecule has 2 aromatic heterocycles. The molecule has 0 aliphatic rings. The monoisotopic (exact) mass is 363 g/mol. The Morgan fingerprint density at radius 3 is 2.76 bits per heavy atom. The highest BCUT2D eigenvalue weighted by Crippen LogP contribution is 2.33. The zero-order valence-corrected chi connectivity index (χ0v) is 14.8. The number of halogens is 1. The number of hydrogen-bond acceptors (Lipinski definition) is 3. The summed E-state index contributed by atoms with van der Waals surface area (Å²) < 4.78 is 4.43. The Hall–Kier alpha value is -1.17. The van der Waals surface area contributed by atoms with Gasteiger partial charge >= 0.3 is 0 Å². The van der Waals surface area contributed by atoms with Gasteiger partial charge in [-0.2, -0.15) is 5.10 Å². The van der Waals surface area contributed by atoms with Gasteiger partial charge in [-0.15, -0.1) is 11.3 Å². The molecule has 0 saturated carbocycles. The summed E-state index contributed by atoms with van der Waals surface area (Å²) >= 11 is 5.52. The fourth-order valence-electron chi connectivity index (χ4n) is 2.61. The topological polar surface area (TPSA) is 29.9 Å². The molecule has 3 aromatic rings. The van der Waals surface area contributed by atoms with E-state index in [0.717, 1.165) is 16.6 Å². The van der Waals surface area contributed by atoms with Crippen LogP contribution < -0.4 is 5.32 Å². The molecule has 0 amide bonds. The Morgan fingerprint density at radius 1 is 1.38 bits per heavy atom. The van der Waals surface area contributed by atoms with E-state index >= 15 is 0 Å². The van der Waals surface area contributed by atoms with Gasteiger partial charge in [0.05, 0.1) is 15.9 Å². The van der Waals surface area contributed by atoms with Crippen LogP contribution in [0.25, 0.3) is 10.1 Å². The smallest absolute Gasteiger partial charge is 0.0738 e. The molecule has 110 valence electrons. The molecule has 0 aliphatic carbocycles. The number of thiophene rings is 1. The Kier molecular flexibility index (Phi) is 4.15. The van der Waals surface area contributed by atoms with Crippen LogP contribution in [-0.2, 0) is 13.5 Å². The highest BCUT2D eigenvalue weighted by Gasteiger charge is 2.18. The summed E-state index contributed by atoms with van der Waals surface area (Å²) in [7, 11) is 4.02. The van der Waals surface area contributed by atoms with Crippen molar-refractivity contribution in [3.63, 3.8) is 0 Å². The third-order valence-corrected chi connectivity index (χ3v) is 6.06. The molecule has 3 nitrogen and oxygen atoms in total. The van der Waals surface area contributed by atoms with Crippen molar-refractivity contribution in [1.82, 2.24) is 15.1 Å². The summed E-state index contributed by atoms with van der Waals surface area (Å²) in [6, 6.07) is 11.1. The van der Waals surface area contributed by atoms with E-state index in [1.807, 2.05) is 37.0 Å². The standard InChI is InChI=1S/C16H18BrN3S/c1-10-16(17)13(20(3)19-10)9-12(18-2)15-8-11-6-4-5-7-14(11)21-15/h4-8,12,18H,9H2,1-3H3. The van der Waals surface area contributed by atoms with Crippen LogP contribution in [-0.4, -0.2) is 16.8 Å². The lowest BCUT2D eigenvalue weighted by molar-refractivity contribution is 0.568. The van der Waals surface area contributed by atoms with Gasteiger partial charge in [-0.3, -0.25) is 4.68 Å². The van der Waals surface area contributed by atoms with Crippen molar-refractivity contribution in [2.75, 3.05) is 7.05 Å². The summed E-state index contributed by atoms with van der Waals surface area (Å²) in [6.45, 7) is 2.03. The van der Waals surface area contributed by atoms with E-state index < -0.39 is 0 Å².